The Hall–Kier alpha value is -0.440. The molecule has 0 aromatic heterocycles. The van der Waals surface area contributed by atoms with Crippen molar-refractivity contribution < 1.29 is 9.53 Å². The predicted molar refractivity (Wildman–Crippen MR) is 58.9 cm³/mol. The number of hydrogen-bond donors (Lipinski definition) is 1. The Morgan fingerprint density at radius 3 is 2.14 bits per heavy atom. The standard InChI is InChI=1S/C10H19NO2.ClH/c1-9(2,3)13-8(12)11-10(4)6-5-7-10;/h5-7H2,1-4H3,(H,11,12);1H. The van der Waals surface area contributed by atoms with Crippen molar-refractivity contribution in [1.82, 2.24) is 5.32 Å². The molecule has 0 heterocycles. The Morgan fingerprint density at radius 1 is 1.36 bits per heavy atom. The molecule has 14 heavy (non-hydrogen) atoms. The van der Waals surface area contributed by atoms with Crippen LogP contribution in [0.1, 0.15) is 47.0 Å². The summed E-state index contributed by atoms with van der Waals surface area (Å²) >= 11 is 0. The van der Waals surface area contributed by atoms with Gasteiger partial charge in [0, 0.05) is 5.54 Å². The lowest BCUT2D eigenvalue weighted by atomic mass is 9.79. The monoisotopic (exact) mass is 221 g/mol. The molecule has 1 saturated carbocycles. The van der Waals surface area contributed by atoms with E-state index < -0.39 is 5.60 Å². The van der Waals surface area contributed by atoms with Gasteiger partial charge in [0.25, 0.3) is 0 Å². The van der Waals surface area contributed by atoms with Crippen molar-refractivity contribution in [2.45, 2.75) is 58.1 Å². The van der Waals surface area contributed by atoms with E-state index in [9.17, 15) is 4.79 Å². The van der Waals surface area contributed by atoms with Gasteiger partial charge in [-0.15, -0.1) is 12.4 Å². The van der Waals surface area contributed by atoms with Crippen LogP contribution in [-0.4, -0.2) is 17.2 Å². The summed E-state index contributed by atoms with van der Waals surface area (Å²) < 4.78 is 5.16. The molecule has 1 amide bonds. The Balaban J connectivity index is 0.00000169. The summed E-state index contributed by atoms with van der Waals surface area (Å²) in [5.41, 5.74) is -0.410. The molecule has 0 spiro atoms. The first-order valence-corrected chi connectivity index (χ1v) is 4.82. The van der Waals surface area contributed by atoms with E-state index in [2.05, 4.69) is 12.2 Å². The SMILES string of the molecule is CC1(NC(=O)OC(C)(C)C)CCC1.Cl. The van der Waals surface area contributed by atoms with E-state index in [0.717, 1.165) is 12.8 Å². The molecule has 0 radical (unpaired) electrons. The van der Waals surface area contributed by atoms with Crippen LogP contribution in [-0.2, 0) is 4.74 Å². The van der Waals surface area contributed by atoms with Gasteiger partial charge in [-0.25, -0.2) is 4.79 Å². The van der Waals surface area contributed by atoms with Crippen molar-refractivity contribution in [3.8, 4) is 0 Å². The molecule has 84 valence electrons. The molecule has 0 aliphatic heterocycles. The Kier molecular flexibility index (Phi) is 4.25. The van der Waals surface area contributed by atoms with E-state index in [1.165, 1.54) is 6.42 Å². The third kappa shape index (κ3) is 4.18. The summed E-state index contributed by atoms with van der Waals surface area (Å²) in [6, 6.07) is 0. The fourth-order valence-electron chi connectivity index (χ4n) is 1.38. The minimum absolute atomic E-state index is 0. The van der Waals surface area contributed by atoms with Crippen LogP contribution in [0.2, 0.25) is 0 Å². The van der Waals surface area contributed by atoms with E-state index in [-0.39, 0.29) is 24.0 Å². The normalized spacial score (nSPS) is 18.9. The molecule has 0 aromatic rings. The highest BCUT2D eigenvalue weighted by molar-refractivity contribution is 5.85. The van der Waals surface area contributed by atoms with Crippen LogP contribution in [0.15, 0.2) is 0 Å². The van der Waals surface area contributed by atoms with Gasteiger partial charge in [-0.1, -0.05) is 0 Å². The van der Waals surface area contributed by atoms with Gasteiger partial charge in [0.05, 0.1) is 0 Å². The highest BCUT2D eigenvalue weighted by Crippen LogP contribution is 2.31. The number of rotatable bonds is 1. The van der Waals surface area contributed by atoms with Crippen LogP contribution < -0.4 is 5.32 Å². The number of carbonyl (C=O) groups excluding carboxylic acids is 1. The first-order chi connectivity index (χ1) is 5.81. The zero-order valence-electron chi connectivity index (χ0n) is 9.35. The molecular weight excluding hydrogens is 202 g/mol. The number of nitrogens with one attached hydrogen (secondary N) is 1. The Bertz CT molecular complexity index is 207. The van der Waals surface area contributed by atoms with Crippen molar-refractivity contribution in [3.05, 3.63) is 0 Å². The average Bonchev–Trinajstić information content (AvgIpc) is 1.79. The summed E-state index contributed by atoms with van der Waals surface area (Å²) in [7, 11) is 0. The molecule has 0 saturated heterocycles. The molecule has 4 heteroatoms. The summed E-state index contributed by atoms with van der Waals surface area (Å²) in [5.74, 6) is 0. The highest BCUT2D eigenvalue weighted by Gasteiger charge is 2.34. The minimum atomic E-state index is -0.399. The minimum Gasteiger partial charge on any atom is -0.444 e. The number of alkyl carbamates (subject to hydrolysis) is 1. The van der Waals surface area contributed by atoms with Crippen molar-refractivity contribution in [3.63, 3.8) is 0 Å². The third-order valence-corrected chi connectivity index (χ3v) is 2.26. The maximum Gasteiger partial charge on any atom is 0.408 e. The molecule has 0 bridgehead atoms. The zero-order valence-corrected chi connectivity index (χ0v) is 10.2. The van der Waals surface area contributed by atoms with Crippen LogP contribution >= 0.6 is 12.4 Å². The number of hydrogen-bond acceptors (Lipinski definition) is 2. The van der Waals surface area contributed by atoms with Crippen molar-refractivity contribution in [2.24, 2.45) is 0 Å². The van der Waals surface area contributed by atoms with Gasteiger partial charge in [-0.05, 0) is 47.0 Å². The first kappa shape index (κ1) is 13.6. The molecule has 0 aromatic carbocycles. The first-order valence-electron chi connectivity index (χ1n) is 4.82. The van der Waals surface area contributed by atoms with Crippen LogP contribution in [0, 0.1) is 0 Å². The van der Waals surface area contributed by atoms with Gasteiger partial charge in [-0.2, -0.15) is 0 Å². The smallest absolute Gasteiger partial charge is 0.408 e. The Labute approximate surface area is 92.0 Å². The average molecular weight is 222 g/mol. The van der Waals surface area contributed by atoms with Crippen LogP contribution in [0.3, 0.4) is 0 Å². The second-order valence-electron chi connectivity index (χ2n) is 5.04. The molecule has 1 fully saturated rings. The van der Waals surface area contributed by atoms with Crippen molar-refractivity contribution >= 4 is 18.5 Å². The summed E-state index contributed by atoms with van der Waals surface area (Å²) in [6.07, 6.45) is 3.03. The maximum atomic E-state index is 11.3. The number of carbonyl (C=O) groups is 1. The van der Waals surface area contributed by atoms with Crippen molar-refractivity contribution in [2.75, 3.05) is 0 Å². The fraction of sp³-hybridized carbons (Fsp3) is 0.900. The van der Waals surface area contributed by atoms with E-state index in [1.807, 2.05) is 20.8 Å². The molecule has 1 rings (SSSR count). The topological polar surface area (TPSA) is 38.3 Å². The molecular formula is C10H20ClNO2. The lowest BCUT2D eigenvalue weighted by Gasteiger charge is -2.39. The quantitative estimate of drug-likeness (QED) is 0.740. The second kappa shape index (κ2) is 4.39. The molecule has 1 aliphatic carbocycles. The number of halogens is 1. The number of amides is 1. The molecule has 0 atom stereocenters. The summed E-state index contributed by atoms with van der Waals surface area (Å²) in [4.78, 5) is 11.3. The lowest BCUT2D eigenvalue weighted by molar-refractivity contribution is 0.0405. The van der Waals surface area contributed by atoms with E-state index in [1.54, 1.807) is 0 Å². The number of ether oxygens (including phenoxy) is 1. The van der Waals surface area contributed by atoms with E-state index in [0.29, 0.717) is 0 Å². The molecule has 1 aliphatic rings. The van der Waals surface area contributed by atoms with Crippen LogP contribution in [0.25, 0.3) is 0 Å². The van der Waals surface area contributed by atoms with Crippen LogP contribution in [0.4, 0.5) is 4.79 Å². The zero-order chi connectivity index (χ0) is 10.1. The van der Waals surface area contributed by atoms with Crippen molar-refractivity contribution in [1.29, 1.82) is 0 Å². The van der Waals surface area contributed by atoms with Gasteiger partial charge in [-0.3, -0.25) is 0 Å². The molecule has 3 nitrogen and oxygen atoms in total. The Morgan fingerprint density at radius 2 is 1.86 bits per heavy atom. The molecule has 0 unspecified atom stereocenters. The van der Waals surface area contributed by atoms with Gasteiger partial charge >= 0.3 is 6.09 Å². The summed E-state index contributed by atoms with van der Waals surface area (Å²) in [5, 5.41) is 2.89. The molecule has 1 N–H and O–H groups in total. The van der Waals surface area contributed by atoms with Gasteiger partial charge in [0.2, 0.25) is 0 Å². The summed E-state index contributed by atoms with van der Waals surface area (Å²) in [6.45, 7) is 7.67. The van der Waals surface area contributed by atoms with Gasteiger partial charge < -0.3 is 10.1 Å². The fourth-order valence-corrected chi connectivity index (χ4v) is 1.38. The highest BCUT2D eigenvalue weighted by atomic mass is 35.5. The third-order valence-electron chi connectivity index (χ3n) is 2.26. The van der Waals surface area contributed by atoms with Crippen LogP contribution in [0.5, 0.6) is 0 Å². The maximum absolute atomic E-state index is 11.3. The van der Waals surface area contributed by atoms with E-state index in [4.69, 9.17) is 4.74 Å². The largest absolute Gasteiger partial charge is 0.444 e. The second-order valence-corrected chi connectivity index (χ2v) is 5.04. The predicted octanol–water partition coefficient (Wildman–Crippen LogP) is 2.88. The van der Waals surface area contributed by atoms with Gasteiger partial charge in [0.15, 0.2) is 0 Å². The van der Waals surface area contributed by atoms with E-state index >= 15 is 0 Å². The van der Waals surface area contributed by atoms with Gasteiger partial charge in [0.1, 0.15) is 5.60 Å². The lowest BCUT2D eigenvalue weighted by Crippen LogP contribution is -2.52.